The molecule has 1 atom stereocenters. The molecule has 0 rings (SSSR count). The fourth-order valence-corrected chi connectivity index (χ4v) is 0.463. The first-order valence-electron chi connectivity index (χ1n) is 2.29. The molecule has 3 heteroatoms. The van der Waals surface area contributed by atoms with Crippen LogP contribution in [0.2, 0.25) is 0 Å². The zero-order chi connectivity index (χ0) is 5.70. The van der Waals surface area contributed by atoms with Gasteiger partial charge in [-0.25, -0.2) is 0 Å². The average molecular weight is 214 g/mol. The van der Waals surface area contributed by atoms with E-state index in [1.807, 2.05) is 7.05 Å². The monoisotopic (exact) mass is 214 g/mol. The highest BCUT2D eigenvalue weighted by molar-refractivity contribution is 14.1. The van der Waals surface area contributed by atoms with Gasteiger partial charge in [-0.15, -0.1) is 0 Å². The van der Waals surface area contributed by atoms with Crippen molar-refractivity contribution in [3.05, 3.63) is 0 Å². The lowest BCUT2D eigenvalue weighted by Gasteiger charge is -2.03. The van der Waals surface area contributed by atoms with Crippen LogP contribution in [0.25, 0.3) is 0 Å². The normalized spacial score (nSPS) is 14.1. The Bertz CT molecular complexity index is 38.7. The molecule has 0 saturated heterocycles. The lowest BCUT2D eigenvalue weighted by Crippen LogP contribution is -2.29. The Hall–Kier alpha value is 0.650. The predicted molar refractivity (Wildman–Crippen MR) is 40.5 cm³/mol. The van der Waals surface area contributed by atoms with Gasteiger partial charge in [0.25, 0.3) is 0 Å². The van der Waals surface area contributed by atoms with E-state index in [0.717, 1.165) is 6.67 Å². The summed E-state index contributed by atoms with van der Waals surface area (Å²) in [6.45, 7) is 3.00. The molecule has 0 aromatic heterocycles. The number of hydrogen-bond acceptors (Lipinski definition) is 2. The molecule has 0 amide bonds. The first-order chi connectivity index (χ1) is 3.27. The van der Waals surface area contributed by atoms with E-state index in [1.165, 1.54) is 0 Å². The molecular weight excluding hydrogens is 203 g/mol. The molecule has 0 aliphatic carbocycles. The molecule has 7 heavy (non-hydrogen) atoms. The highest BCUT2D eigenvalue weighted by Gasteiger charge is 1.86. The summed E-state index contributed by atoms with van der Waals surface area (Å²) in [6, 6.07) is 0. The molecule has 44 valence electrons. The molecule has 0 unspecified atom stereocenters. The van der Waals surface area contributed by atoms with Gasteiger partial charge in [0.05, 0.1) is 4.05 Å². The van der Waals surface area contributed by atoms with E-state index in [1.54, 1.807) is 0 Å². The summed E-state index contributed by atoms with van der Waals surface area (Å²) in [5.74, 6) is 0. The molecule has 0 aromatic rings. The van der Waals surface area contributed by atoms with Gasteiger partial charge in [0.1, 0.15) is 0 Å². The number of hydrogen-bond donors (Lipinski definition) is 2. The number of nitrogens with one attached hydrogen (secondary N) is 2. The number of alkyl halides is 1. The van der Waals surface area contributed by atoms with Crippen molar-refractivity contribution in [2.24, 2.45) is 0 Å². The van der Waals surface area contributed by atoms with Crippen LogP contribution in [0.4, 0.5) is 0 Å². The Morgan fingerprint density at radius 3 is 2.43 bits per heavy atom. The quantitative estimate of drug-likeness (QED) is 0.310. The van der Waals surface area contributed by atoms with Gasteiger partial charge in [0.2, 0.25) is 0 Å². The molecule has 0 radical (unpaired) electrons. The Kier molecular flexibility index (Phi) is 5.25. The van der Waals surface area contributed by atoms with Gasteiger partial charge in [-0.2, -0.15) is 0 Å². The van der Waals surface area contributed by atoms with E-state index in [9.17, 15) is 0 Å². The fourth-order valence-electron chi connectivity index (χ4n) is 0.243. The van der Waals surface area contributed by atoms with Crippen LogP contribution >= 0.6 is 22.6 Å². The van der Waals surface area contributed by atoms with Crippen molar-refractivity contribution in [1.82, 2.24) is 10.6 Å². The summed E-state index contributed by atoms with van der Waals surface area (Å²) in [5.41, 5.74) is 0. The smallest absolute Gasteiger partial charge is 0.0574 e. The third kappa shape index (κ3) is 6.65. The lowest BCUT2D eigenvalue weighted by molar-refractivity contribution is 0.641. The van der Waals surface area contributed by atoms with Crippen molar-refractivity contribution >= 4 is 22.6 Å². The highest BCUT2D eigenvalue weighted by Crippen LogP contribution is 1.88. The van der Waals surface area contributed by atoms with E-state index >= 15 is 0 Å². The van der Waals surface area contributed by atoms with Gasteiger partial charge in [0.15, 0.2) is 0 Å². The maximum Gasteiger partial charge on any atom is 0.0574 e. The molecule has 0 aromatic carbocycles. The molecule has 0 saturated carbocycles. The molecule has 2 nitrogen and oxygen atoms in total. The van der Waals surface area contributed by atoms with Crippen LogP contribution in [0.3, 0.4) is 0 Å². The fraction of sp³-hybridized carbons (Fsp3) is 1.00. The van der Waals surface area contributed by atoms with E-state index in [-0.39, 0.29) is 0 Å². The third-order valence-corrected chi connectivity index (χ3v) is 1.00. The van der Waals surface area contributed by atoms with Gasteiger partial charge in [0, 0.05) is 6.67 Å². The Morgan fingerprint density at radius 2 is 2.29 bits per heavy atom. The molecular formula is C4H11IN2. The summed E-state index contributed by atoms with van der Waals surface area (Å²) >= 11 is 2.31. The molecule has 0 heterocycles. The zero-order valence-corrected chi connectivity index (χ0v) is 6.82. The summed E-state index contributed by atoms with van der Waals surface area (Å²) in [5, 5.41) is 6.15. The average Bonchev–Trinajstić information content (AvgIpc) is 1.61. The zero-order valence-electron chi connectivity index (χ0n) is 4.66. The Morgan fingerprint density at radius 1 is 1.71 bits per heavy atom. The number of halogens is 1. The van der Waals surface area contributed by atoms with Gasteiger partial charge in [-0.3, -0.25) is 5.32 Å². The minimum Gasteiger partial charge on any atom is -0.308 e. The van der Waals surface area contributed by atoms with Crippen molar-refractivity contribution in [2.45, 2.75) is 11.0 Å². The highest BCUT2D eigenvalue weighted by atomic mass is 127. The van der Waals surface area contributed by atoms with Crippen molar-refractivity contribution in [3.8, 4) is 0 Å². The van der Waals surface area contributed by atoms with Crippen LogP contribution in [0, 0.1) is 0 Å². The van der Waals surface area contributed by atoms with Crippen molar-refractivity contribution in [2.75, 3.05) is 13.7 Å². The molecule has 0 aliphatic rings. The molecule has 2 N–H and O–H groups in total. The van der Waals surface area contributed by atoms with E-state index in [2.05, 4.69) is 40.1 Å². The van der Waals surface area contributed by atoms with Gasteiger partial charge in [-0.05, 0) is 14.0 Å². The van der Waals surface area contributed by atoms with Gasteiger partial charge < -0.3 is 5.32 Å². The summed E-state index contributed by atoms with van der Waals surface area (Å²) in [4.78, 5) is 0. The van der Waals surface area contributed by atoms with Crippen LogP contribution in [0.1, 0.15) is 6.92 Å². The topological polar surface area (TPSA) is 24.1 Å². The van der Waals surface area contributed by atoms with Crippen molar-refractivity contribution < 1.29 is 0 Å². The summed E-state index contributed by atoms with van der Waals surface area (Å²) in [6.07, 6.45) is 0. The molecule has 0 bridgehead atoms. The second-order valence-electron chi connectivity index (χ2n) is 1.35. The van der Waals surface area contributed by atoms with Crippen molar-refractivity contribution in [1.29, 1.82) is 0 Å². The summed E-state index contributed by atoms with van der Waals surface area (Å²) in [7, 11) is 1.92. The Balaban J connectivity index is 2.68. The summed E-state index contributed by atoms with van der Waals surface area (Å²) < 4.78 is 0.560. The number of rotatable bonds is 3. The van der Waals surface area contributed by atoms with E-state index in [0.29, 0.717) is 4.05 Å². The van der Waals surface area contributed by atoms with Gasteiger partial charge >= 0.3 is 0 Å². The third-order valence-electron chi connectivity index (χ3n) is 0.560. The SMILES string of the molecule is CNCN[C@H](C)I. The maximum absolute atomic E-state index is 3.17. The van der Waals surface area contributed by atoms with Crippen LogP contribution < -0.4 is 10.6 Å². The minimum atomic E-state index is 0.560. The van der Waals surface area contributed by atoms with E-state index < -0.39 is 0 Å². The largest absolute Gasteiger partial charge is 0.308 e. The molecule has 0 spiro atoms. The standard InChI is InChI=1S/C4H11IN2/c1-4(5)7-3-6-2/h4,6-7H,3H2,1-2H3/t4-/m1/s1. The predicted octanol–water partition coefficient (Wildman–Crippen LogP) is 0.534. The second-order valence-corrected chi connectivity index (χ2v) is 3.22. The van der Waals surface area contributed by atoms with Crippen LogP contribution in [0.5, 0.6) is 0 Å². The molecule has 0 fully saturated rings. The lowest BCUT2D eigenvalue weighted by atomic mass is 10.7. The first-order valence-corrected chi connectivity index (χ1v) is 3.54. The van der Waals surface area contributed by atoms with Crippen LogP contribution in [0.15, 0.2) is 0 Å². The minimum absolute atomic E-state index is 0.560. The van der Waals surface area contributed by atoms with Crippen LogP contribution in [-0.2, 0) is 0 Å². The Labute approximate surface area is 58.2 Å². The van der Waals surface area contributed by atoms with E-state index in [4.69, 9.17) is 0 Å². The van der Waals surface area contributed by atoms with Crippen LogP contribution in [-0.4, -0.2) is 17.8 Å². The second kappa shape index (κ2) is 4.80. The maximum atomic E-state index is 3.17. The van der Waals surface area contributed by atoms with Gasteiger partial charge in [-0.1, -0.05) is 22.6 Å². The molecule has 0 aliphatic heterocycles. The first kappa shape index (κ1) is 7.65. The van der Waals surface area contributed by atoms with Crippen molar-refractivity contribution in [3.63, 3.8) is 0 Å².